The molecule has 0 unspecified atom stereocenters. The largest absolute Gasteiger partial charge is 0.481 e. The molecule has 1 aliphatic rings. The fourth-order valence-corrected chi connectivity index (χ4v) is 3.31. The monoisotopic (exact) mass is 327 g/mol. The van der Waals surface area contributed by atoms with E-state index in [1.165, 1.54) is 0 Å². The number of benzene rings is 1. The van der Waals surface area contributed by atoms with Crippen molar-refractivity contribution in [1.82, 2.24) is 14.7 Å². The number of carbonyl (C=O) groups is 2. The van der Waals surface area contributed by atoms with Crippen molar-refractivity contribution in [2.24, 2.45) is 0 Å². The van der Waals surface area contributed by atoms with Gasteiger partial charge >= 0.3 is 5.97 Å². The lowest BCUT2D eigenvalue weighted by molar-refractivity contribution is -0.148. The summed E-state index contributed by atoms with van der Waals surface area (Å²) in [6.07, 6.45) is 4.40. The number of hydrogen-bond acceptors (Lipinski definition) is 3. The topological polar surface area (TPSA) is 75.4 Å². The summed E-state index contributed by atoms with van der Waals surface area (Å²) >= 11 is 0. The van der Waals surface area contributed by atoms with Gasteiger partial charge in [0.05, 0.1) is 11.6 Å². The number of aryl methyl sites for hydroxylation is 1. The highest BCUT2D eigenvalue weighted by atomic mass is 16.4. The van der Waals surface area contributed by atoms with E-state index < -0.39 is 11.4 Å². The summed E-state index contributed by atoms with van der Waals surface area (Å²) < 4.78 is 1.62. The number of carbonyl (C=O) groups excluding carboxylic acids is 1. The summed E-state index contributed by atoms with van der Waals surface area (Å²) in [5.74, 6) is -0.839. The van der Waals surface area contributed by atoms with Crippen LogP contribution < -0.4 is 0 Å². The zero-order chi connectivity index (χ0) is 17.2. The molecule has 24 heavy (non-hydrogen) atoms. The van der Waals surface area contributed by atoms with Crippen molar-refractivity contribution in [3.8, 4) is 0 Å². The van der Waals surface area contributed by atoms with E-state index in [-0.39, 0.29) is 12.5 Å². The third kappa shape index (κ3) is 3.04. The van der Waals surface area contributed by atoms with Crippen LogP contribution in [0.4, 0.5) is 0 Å². The number of carboxylic acid groups (broad SMARTS) is 1. The Morgan fingerprint density at radius 1 is 1.21 bits per heavy atom. The first-order valence-corrected chi connectivity index (χ1v) is 8.07. The maximum absolute atomic E-state index is 12.4. The Morgan fingerprint density at radius 2 is 1.88 bits per heavy atom. The second kappa shape index (κ2) is 6.47. The average Bonchev–Trinajstić information content (AvgIpc) is 3.00. The number of aliphatic carboxylic acids is 1. The van der Waals surface area contributed by atoms with E-state index in [1.807, 2.05) is 43.5 Å². The Bertz CT molecular complexity index is 731. The first-order chi connectivity index (χ1) is 11.5. The van der Waals surface area contributed by atoms with E-state index in [0.29, 0.717) is 25.9 Å². The molecule has 2 heterocycles. The van der Waals surface area contributed by atoms with Gasteiger partial charge in [0.2, 0.25) is 5.91 Å². The average molecular weight is 327 g/mol. The van der Waals surface area contributed by atoms with Crippen LogP contribution in [0.1, 0.15) is 24.0 Å². The minimum absolute atomic E-state index is 0.0230. The molecule has 126 valence electrons. The fraction of sp³-hybridized carbons (Fsp3) is 0.389. The molecular weight excluding hydrogens is 306 g/mol. The molecule has 6 nitrogen and oxygen atoms in total. The normalized spacial score (nSPS) is 16.8. The number of rotatable bonds is 4. The van der Waals surface area contributed by atoms with Crippen molar-refractivity contribution in [3.63, 3.8) is 0 Å². The molecular formula is C18H21N3O3. The van der Waals surface area contributed by atoms with E-state index in [2.05, 4.69) is 5.10 Å². The molecule has 1 aromatic carbocycles. The molecule has 0 saturated carbocycles. The summed E-state index contributed by atoms with van der Waals surface area (Å²) in [4.78, 5) is 26.1. The molecule has 0 spiro atoms. The highest BCUT2D eigenvalue weighted by Crippen LogP contribution is 2.35. The number of aromatic nitrogens is 2. The van der Waals surface area contributed by atoms with E-state index in [1.54, 1.807) is 15.8 Å². The SMILES string of the molecule is Cc1cnn(CC(=O)N2CCC(C(=O)O)(c3ccccc3)CC2)c1. The summed E-state index contributed by atoms with van der Waals surface area (Å²) in [5, 5.41) is 13.9. The third-order valence-electron chi connectivity index (χ3n) is 4.77. The van der Waals surface area contributed by atoms with E-state index in [0.717, 1.165) is 11.1 Å². The Labute approximate surface area is 140 Å². The van der Waals surface area contributed by atoms with Crippen LogP contribution in [0.2, 0.25) is 0 Å². The van der Waals surface area contributed by atoms with Gasteiger partial charge < -0.3 is 10.0 Å². The minimum atomic E-state index is -0.902. The molecule has 2 aromatic rings. The van der Waals surface area contributed by atoms with Gasteiger partial charge in [-0.3, -0.25) is 14.3 Å². The molecule has 1 saturated heterocycles. The van der Waals surface area contributed by atoms with Crippen LogP contribution >= 0.6 is 0 Å². The molecule has 1 amide bonds. The van der Waals surface area contributed by atoms with Crippen LogP contribution in [0.5, 0.6) is 0 Å². The third-order valence-corrected chi connectivity index (χ3v) is 4.77. The molecule has 0 aliphatic carbocycles. The zero-order valence-electron chi connectivity index (χ0n) is 13.7. The Kier molecular flexibility index (Phi) is 4.38. The summed E-state index contributed by atoms with van der Waals surface area (Å²) in [6, 6.07) is 9.31. The number of likely N-dealkylation sites (tertiary alicyclic amines) is 1. The smallest absolute Gasteiger partial charge is 0.314 e. The first-order valence-electron chi connectivity index (χ1n) is 8.07. The van der Waals surface area contributed by atoms with Gasteiger partial charge in [0.15, 0.2) is 0 Å². The van der Waals surface area contributed by atoms with Gasteiger partial charge in [0.25, 0.3) is 0 Å². The standard InChI is InChI=1S/C18H21N3O3/c1-14-11-19-21(12-14)13-16(22)20-9-7-18(8-10-20,17(23)24)15-5-3-2-4-6-15/h2-6,11-12H,7-10,13H2,1H3,(H,23,24). The lowest BCUT2D eigenvalue weighted by Crippen LogP contribution is -2.49. The van der Waals surface area contributed by atoms with Gasteiger partial charge in [0, 0.05) is 19.3 Å². The predicted octanol–water partition coefficient (Wildman–Crippen LogP) is 1.84. The van der Waals surface area contributed by atoms with Gasteiger partial charge in [0.1, 0.15) is 6.54 Å². The van der Waals surface area contributed by atoms with E-state index in [4.69, 9.17) is 0 Å². The molecule has 1 aliphatic heterocycles. The van der Waals surface area contributed by atoms with Crippen molar-refractivity contribution in [2.75, 3.05) is 13.1 Å². The van der Waals surface area contributed by atoms with Crippen LogP contribution in [0.15, 0.2) is 42.7 Å². The Morgan fingerprint density at radius 3 is 2.42 bits per heavy atom. The highest BCUT2D eigenvalue weighted by molar-refractivity contribution is 5.82. The van der Waals surface area contributed by atoms with Gasteiger partial charge in [-0.05, 0) is 30.9 Å². The second-order valence-corrected chi connectivity index (χ2v) is 6.35. The predicted molar refractivity (Wildman–Crippen MR) is 88.5 cm³/mol. The van der Waals surface area contributed by atoms with Crippen LogP contribution in [0.25, 0.3) is 0 Å². The zero-order valence-corrected chi connectivity index (χ0v) is 13.7. The van der Waals surface area contributed by atoms with Gasteiger partial charge in [-0.15, -0.1) is 0 Å². The van der Waals surface area contributed by atoms with Crippen molar-refractivity contribution in [1.29, 1.82) is 0 Å². The second-order valence-electron chi connectivity index (χ2n) is 6.35. The quantitative estimate of drug-likeness (QED) is 0.930. The van der Waals surface area contributed by atoms with Crippen molar-refractivity contribution in [3.05, 3.63) is 53.9 Å². The number of amides is 1. The maximum atomic E-state index is 12.4. The molecule has 0 bridgehead atoms. The Hall–Kier alpha value is -2.63. The first kappa shape index (κ1) is 16.2. The molecule has 1 aromatic heterocycles. The van der Waals surface area contributed by atoms with E-state index >= 15 is 0 Å². The number of nitrogens with zero attached hydrogens (tertiary/aromatic N) is 3. The van der Waals surface area contributed by atoms with Crippen LogP contribution in [0, 0.1) is 6.92 Å². The van der Waals surface area contributed by atoms with Gasteiger partial charge in [-0.1, -0.05) is 30.3 Å². The maximum Gasteiger partial charge on any atom is 0.314 e. The number of piperidine rings is 1. The Balaban J connectivity index is 1.69. The summed E-state index contributed by atoms with van der Waals surface area (Å²) in [5.41, 5.74) is 0.920. The van der Waals surface area contributed by atoms with Crippen LogP contribution in [-0.4, -0.2) is 44.8 Å². The number of carboxylic acids is 1. The minimum Gasteiger partial charge on any atom is -0.481 e. The fourth-order valence-electron chi connectivity index (χ4n) is 3.31. The molecule has 0 radical (unpaired) electrons. The molecule has 1 N–H and O–H groups in total. The molecule has 1 fully saturated rings. The highest BCUT2D eigenvalue weighted by Gasteiger charge is 2.43. The lowest BCUT2D eigenvalue weighted by atomic mass is 9.73. The van der Waals surface area contributed by atoms with Crippen LogP contribution in [-0.2, 0) is 21.5 Å². The van der Waals surface area contributed by atoms with Crippen molar-refractivity contribution < 1.29 is 14.7 Å². The van der Waals surface area contributed by atoms with Crippen molar-refractivity contribution in [2.45, 2.75) is 31.7 Å². The van der Waals surface area contributed by atoms with Crippen LogP contribution in [0.3, 0.4) is 0 Å². The summed E-state index contributed by atoms with van der Waals surface area (Å²) in [6.45, 7) is 3.01. The molecule has 0 atom stereocenters. The lowest BCUT2D eigenvalue weighted by Gasteiger charge is -2.39. The van der Waals surface area contributed by atoms with Crippen molar-refractivity contribution >= 4 is 11.9 Å². The van der Waals surface area contributed by atoms with Gasteiger partial charge in [-0.2, -0.15) is 5.10 Å². The molecule has 3 rings (SSSR count). The summed E-state index contributed by atoms with van der Waals surface area (Å²) in [7, 11) is 0. The molecule has 6 heteroatoms. The number of hydrogen-bond donors (Lipinski definition) is 1. The van der Waals surface area contributed by atoms with Gasteiger partial charge in [-0.25, -0.2) is 0 Å². The van der Waals surface area contributed by atoms with E-state index in [9.17, 15) is 14.7 Å².